The Balaban J connectivity index is 2.14. The lowest BCUT2D eigenvalue weighted by Gasteiger charge is -2.35. The van der Waals surface area contributed by atoms with Crippen LogP contribution < -0.4 is 10.6 Å². The summed E-state index contributed by atoms with van der Waals surface area (Å²) in [5.41, 5.74) is 7.34. The third-order valence-electron chi connectivity index (χ3n) is 3.56. The lowest BCUT2D eigenvalue weighted by Crippen LogP contribution is -2.39. The number of rotatable bonds is 2. The van der Waals surface area contributed by atoms with Crippen molar-refractivity contribution in [1.29, 1.82) is 5.26 Å². The quantitative estimate of drug-likeness (QED) is 0.839. The topological polar surface area (TPSA) is 65.9 Å². The average molecular weight is 230 g/mol. The van der Waals surface area contributed by atoms with Gasteiger partial charge in [0.25, 0.3) is 0 Å². The number of nitrogens with two attached hydrogens (primary N) is 1. The lowest BCUT2D eigenvalue weighted by atomic mass is 9.90. The Labute approximate surface area is 102 Å². The molecule has 0 amide bonds. The van der Waals surface area contributed by atoms with E-state index >= 15 is 0 Å². The largest absolute Gasteiger partial charge is 0.369 e. The van der Waals surface area contributed by atoms with Crippen LogP contribution in [-0.2, 0) is 0 Å². The van der Waals surface area contributed by atoms with Crippen molar-refractivity contribution in [1.82, 2.24) is 4.98 Å². The monoisotopic (exact) mass is 230 g/mol. The van der Waals surface area contributed by atoms with Crippen molar-refractivity contribution in [2.45, 2.75) is 37.8 Å². The lowest BCUT2D eigenvalue weighted by molar-refractivity contribution is 0.385. The smallest absolute Gasteiger partial charge is 0.163 e. The van der Waals surface area contributed by atoms with Gasteiger partial charge in [-0.15, -0.1) is 0 Å². The van der Waals surface area contributed by atoms with Crippen LogP contribution in [0.2, 0.25) is 0 Å². The van der Waals surface area contributed by atoms with Crippen LogP contribution in [0.15, 0.2) is 18.3 Å². The number of pyridine rings is 1. The normalized spacial score (nSPS) is 24.1. The van der Waals surface area contributed by atoms with Gasteiger partial charge in [0.1, 0.15) is 6.07 Å². The molecule has 0 atom stereocenters. The molecular formula is C13H18N4. The van der Waals surface area contributed by atoms with Crippen LogP contribution in [0.3, 0.4) is 0 Å². The number of anilines is 1. The summed E-state index contributed by atoms with van der Waals surface area (Å²) in [6.07, 6.45) is 5.98. The molecule has 1 aromatic heterocycles. The van der Waals surface area contributed by atoms with Crippen LogP contribution >= 0.6 is 0 Å². The average Bonchev–Trinajstić information content (AvgIpc) is 2.39. The summed E-state index contributed by atoms with van der Waals surface area (Å²) >= 11 is 0. The summed E-state index contributed by atoms with van der Waals surface area (Å²) in [6, 6.07) is 6.81. The molecule has 90 valence electrons. The van der Waals surface area contributed by atoms with Gasteiger partial charge in [0.2, 0.25) is 0 Å². The minimum absolute atomic E-state index is 0.351. The van der Waals surface area contributed by atoms with Crippen molar-refractivity contribution in [2.24, 2.45) is 5.73 Å². The molecule has 2 rings (SSSR count). The molecule has 1 heterocycles. The molecule has 0 spiro atoms. The molecule has 0 saturated heterocycles. The fraction of sp³-hybridized carbons (Fsp3) is 0.538. The van der Waals surface area contributed by atoms with Crippen molar-refractivity contribution in [2.75, 3.05) is 11.9 Å². The summed E-state index contributed by atoms with van der Waals surface area (Å²) in [4.78, 5) is 6.28. The molecule has 1 fully saturated rings. The molecule has 1 aliphatic rings. The summed E-state index contributed by atoms with van der Waals surface area (Å²) < 4.78 is 0. The Morgan fingerprint density at radius 1 is 1.41 bits per heavy atom. The zero-order valence-corrected chi connectivity index (χ0v) is 10.1. The molecule has 1 aliphatic carbocycles. The predicted molar refractivity (Wildman–Crippen MR) is 67.6 cm³/mol. The maximum atomic E-state index is 9.05. The van der Waals surface area contributed by atoms with Gasteiger partial charge in [0.15, 0.2) is 5.69 Å². The van der Waals surface area contributed by atoms with Gasteiger partial charge in [-0.25, -0.2) is 4.98 Å². The highest BCUT2D eigenvalue weighted by Crippen LogP contribution is 2.26. The molecule has 4 nitrogen and oxygen atoms in total. The minimum Gasteiger partial charge on any atom is -0.369 e. The van der Waals surface area contributed by atoms with E-state index in [1.165, 1.54) is 0 Å². The molecule has 4 heteroatoms. The van der Waals surface area contributed by atoms with E-state index in [1.54, 1.807) is 6.20 Å². The first-order valence-electron chi connectivity index (χ1n) is 6.06. The molecule has 2 N–H and O–H groups in total. The van der Waals surface area contributed by atoms with E-state index in [0.717, 1.165) is 31.4 Å². The first-order chi connectivity index (χ1) is 8.22. The van der Waals surface area contributed by atoms with Crippen molar-refractivity contribution < 1.29 is 0 Å². The Hall–Kier alpha value is -1.60. The molecule has 1 saturated carbocycles. The van der Waals surface area contributed by atoms with Crippen LogP contribution in [0.4, 0.5) is 5.69 Å². The van der Waals surface area contributed by atoms with Crippen molar-refractivity contribution in [3.8, 4) is 6.07 Å². The van der Waals surface area contributed by atoms with Crippen LogP contribution in [0.1, 0.15) is 31.4 Å². The number of hydrogen-bond donors (Lipinski definition) is 1. The van der Waals surface area contributed by atoms with Gasteiger partial charge in [-0.1, -0.05) is 0 Å². The van der Waals surface area contributed by atoms with Crippen LogP contribution in [0, 0.1) is 11.3 Å². The van der Waals surface area contributed by atoms with E-state index in [2.05, 4.69) is 16.0 Å². The Morgan fingerprint density at radius 2 is 2.12 bits per heavy atom. The molecular weight excluding hydrogens is 212 g/mol. The minimum atomic E-state index is 0.351. The molecule has 0 bridgehead atoms. The van der Waals surface area contributed by atoms with Crippen molar-refractivity contribution in [3.63, 3.8) is 0 Å². The first kappa shape index (κ1) is 11.9. The maximum Gasteiger partial charge on any atom is 0.163 e. The number of hydrogen-bond acceptors (Lipinski definition) is 4. The van der Waals surface area contributed by atoms with Gasteiger partial charge in [0.05, 0.1) is 5.69 Å². The van der Waals surface area contributed by atoms with E-state index in [9.17, 15) is 0 Å². The molecule has 0 unspecified atom stereocenters. The zero-order chi connectivity index (χ0) is 12.3. The second-order valence-electron chi connectivity index (χ2n) is 4.66. The van der Waals surface area contributed by atoms with E-state index < -0.39 is 0 Å². The number of nitriles is 1. The second-order valence-corrected chi connectivity index (χ2v) is 4.66. The van der Waals surface area contributed by atoms with E-state index in [0.29, 0.717) is 17.8 Å². The van der Waals surface area contributed by atoms with E-state index in [1.807, 2.05) is 19.2 Å². The fourth-order valence-electron chi connectivity index (χ4n) is 2.45. The zero-order valence-electron chi connectivity index (χ0n) is 10.1. The third kappa shape index (κ3) is 2.56. The Bertz CT molecular complexity index is 416. The highest BCUT2D eigenvalue weighted by atomic mass is 15.1. The van der Waals surface area contributed by atoms with Crippen molar-refractivity contribution >= 4 is 5.69 Å². The van der Waals surface area contributed by atoms with Gasteiger partial charge >= 0.3 is 0 Å². The predicted octanol–water partition coefficient (Wildman–Crippen LogP) is 1.66. The summed E-state index contributed by atoms with van der Waals surface area (Å²) in [6.45, 7) is 0. The fourth-order valence-corrected chi connectivity index (χ4v) is 2.45. The first-order valence-corrected chi connectivity index (χ1v) is 6.06. The number of nitrogens with zero attached hydrogens (tertiary/aromatic N) is 3. The standard InChI is InChI=1S/C13H18N4/c1-17(11-6-4-10(15)5-7-11)13-3-2-8-16-12(13)9-14/h2-3,8,10-11H,4-7,15H2,1H3. The maximum absolute atomic E-state index is 9.05. The van der Waals surface area contributed by atoms with Crippen LogP contribution in [-0.4, -0.2) is 24.1 Å². The highest BCUT2D eigenvalue weighted by molar-refractivity contribution is 5.55. The van der Waals surface area contributed by atoms with Crippen molar-refractivity contribution in [3.05, 3.63) is 24.0 Å². The molecule has 17 heavy (non-hydrogen) atoms. The van der Waals surface area contributed by atoms with Gasteiger partial charge in [-0.05, 0) is 37.8 Å². The van der Waals surface area contributed by atoms with E-state index in [4.69, 9.17) is 11.0 Å². The molecule has 0 aliphatic heterocycles. The van der Waals surface area contributed by atoms with Crippen LogP contribution in [0.25, 0.3) is 0 Å². The van der Waals surface area contributed by atoms with E-state index in [-0.39, 0.29) is 0 Å². The molecule has 1 aromatic rings. The SMILES string of the molecule is CN(c1cccnc1C#N)C1CCC(N)CC1. The van der Waals surface area contributed by atoms with Gasteiger partial charge in [-0.3, -0.25) is 0 Å². The summed E-state index contributed by atoms with van der Waals surface area (Å²) in [5.74, 6) is 0. The number of aromatic nitrogens is 1. The Morgan fingerprint density at radius 3 is 2.76 bits per heavy atom. The highest BCUT2D eigenvalue weighted by Gasteiger charge is 2.23. The summed E-state index contributed by atoms with van der Waals surface area (Å²) in [5, 5.41) is 9.05. The Kier molecular flexibility index (Phi) is 3.60. The summed E-state index contributed by atoms with van der Waals surface area (Å²) in [7, 11) is 2.04. The molecule has 0 radical (unpaired) electrons. The van der Waals surface area contributed by atoms with Gasteiger partial charge in [0, 0.05) is 25.3 Å². The van der Waals surface area contributed by atoms with Gasteiger partial charge < -0.3 is 10.6 Å². The van der Waals surface area contributed by atoms with Crippen LogP contribution in [0.5, 0.6) is 0 Å². The second kappa shape index (κ2) is 5.15. The van der Waals surface area contributed by atoms with Gasteiger partial charge in [-0.2, -0.15) is 5.26 Å². The third-order valence-corrected chi connectivity index (χ3v) is 3.56. The molecule has 0 aromatic carbocycles.